The normalized spacial score (nSPS) is 10.1. The molecule has 0 radical (unpaired) electrons. The SMILES string of the molecule is CN(Cc1nc(-c2cccnc2)no1)C(=O)Nc1cccc(C#N)c1. The molecule has 124 valence electrons. The van der Waals surface area contributed by atoms with E-state index in [1.54, 1.807) is 49.8 Å². The Labute approximate surface area is 143 Å². The summed E-state index contributed by atoms with van der Waals surface area (Å²) < 4.78 is 5.17. The fourth-order valence-electron chi connectivity index (χ4n) is 2.09. The van der Waals surface area contributed by atoms with Crippen LogP contribution < -0.4 is 5.32 Å². The summed E-state index contributed by atoms with van der Waals surface area (Å²) in [5.74, 6) is 0.723. The zero-order chi connectivity index (χ0) is 17.6. The van der Waals surface area contributed by atoms with Crippen LogP contribution >= 0.6 is 0 Å². The topological polar surface area (TPSA) is 108 Å². The molecule has 1 N–H and O–H groups in total. The van der Waals surface area contributed by atoms with E-state index in [0.29, 0.717) is 23.0 Å². The van der Waals surface area contributed by atoms with E-state index in [0.717, 1.165) is 5.56 Å². The van der Waals surface area contributed by atoms with Crippen molar-refractivity contribution in [3.8, 4) is 17.5 Å². The lowest BCUT2D eigenvalue weighted by Gasteiger charge is -2.15. The van der Waals surface area contributed by atoms with Gasteiger partial charge in [-0.3, -0.25) is 4.98 Å². The highest BCUT2D eigenvalue weighted by Crippen LogP contribution is 2.15. The Hall–Kier alpha value is -3.73. The van der Waals surface area contributed by atoms with Crippen LogP contribution in [-0.4, -0.2) is 33.1 Å². The number of nitrogens with zero attached hydrogens (tertiary/aromatic N) is 5. The summed E-state index contributed by atoms with van der Waals surface area (Å²) in [7, 11) is 1.61. The lowest BCUT2D eigenvalue weighted by Crippen LogP contribution is -2.30. The molecule has 0 spiro atoms. The van der Waals surface area contributed by atoms with Gasteiger partial charge in [-0.2, -0.15) is 10.2 Å². The molecule has 25 heavy (non-hydrogen) atoms. The van der Waals surface area contributed by atoms with Crippen LogP contribution in [0.3, 0.4) is 0 Å². The van der Waals surface area contributed by atoms with Crippen molar-refractivity contribution in [2.75, 3.05) is 12.4 Å². The second-order valence-corrected chi connectivity index (χ2v) is 5.23. The Morgan fingerprint density at radius 3 is 3.00 bits per heavy atom. The van der Waals surface area contributed by atoms with Crippen molar-refractivity contribution >= 4 is 11.7 Å². The van der Waals surface area contributed by atoms with Crippen LogP contribution in [0.5, 0.6) is 0 Å². The zero-order valence-corrected chi connectivity index (χ0v) is 13.4. The fourth-order valence-corrected chi connectivity index (χ4v) is 2.09. The van der Waals surface area contributed by atoms with E-state index in [1.807, 2.05) is 12.1 Å². The Kier molecular flexibility index (Phi) is 4.67. The number of rotatable bonds is 4. The van der Waals surface area contributed by atoms with Gasteiger partial charge in [0, 0.05) is 30.7 Å². The molecule has 0 saturated heterocycles. The van der Waals surface area contributed by atoms with E-state index in [2.05, 4.69) is 20.4 Å². The minimum atomic E-state index is -0.351. The fraction of sp³-hybridized carbons (Fsp3) is 0.118. The quantitative estimate of drug-likeness (QED) is 0.786. The summed E-state index contributed by atoms with van der Waals surface area (Å²) >= 11 is 0. The second kappa shape index (κ2) is 7.23. The molecule has 0 atom stereocenters. The van der Waals surface area contributed by atoms with Crippen molar-refractivity contribution in [2.45, 2.75) is 6.54 Å². The van der Waals surface area contributed by atoms with Crippen molar-refractivity contribution < 1.29 is 9.32 Å². The number of anilines is 1. The molecule has 3 aromatic rings. The van der Waals surface area contributed by atoms with Gasteiger partial charge in [-0.25, -0.2) is 4.79 Å². The van der Waals surface area contributed by atoms with Crippen LogP contribution in [0, 0.1) is 11.3 Å². The summed E-state index contributed by atoms with van der Waals surface area (Å²) in [6.45, 7) is 0.150. The average molecular weight is 334 g/mol. The van der Waals surface area contributed by atoms with Crippen molar-refractivity contribution in [1.29, 1.82) is 5.26 Å². The number of amides is 2. The Balaban J connectivity index is 1.64. The maximum atomic E-state index is 12.2. The molecule has 0 unspecified atom stereocenters. The number of carbonyl (C=O) groups excluding carboxylic acids is 1. The van der Waals surface area contributed by atoms with Gasteiger partial charge in [-0.15, -0.1) is 0 Å². The molecule has 0 aliphatic heterocycles. The molecular formula is C17H14N6O2. The smallest absolute Gasteiger partial charge is 0.322 e. The molecule has 3 rings (SSSR count). The highest BCUT2D eigenvalue weighted by Gasteiger charge is 2.15. The standard InChI is InChI=1S/C17H14N6O2/c1-23(17(24)20-14-6-2-4-12(8-14)9-18)11-15-21-16(22-25-15)13-5-3-7-19-10-13/h2-8,10H,11H2,1H3,(H,20,24). The van der Waals surface area contributed by atoms with Crippen molar-refractivity contribution in [2.24, 2.45) is 0 Å². The number of benzene rings is 1. The molecule has 8 nitrogen and oxygen atoms in total. The molecule has 2 aromatic heterocycles. The Morgan fingerprint density at radius 2 is 2.24 bits per heavy atom. The van der Waals surface area contributed by atoms with Crippen molar-refractivity contribution in [3.05, 3.63) is 60.2 Å². The second-order valence-electron chi connectivity index (χ2n) is 5.23. The van der Waals surface area contributed by atoms with Gasteiger partial charge in [0.1, 0.15) is 6.54 Å². The van der Waals surface area contributed by atoms with Crippen LogP contribution in [0.25, 0.3) is 11.4 Å². The first-order chi connectivity index (χ1) is 12.2. The third-order valence-corrected chi connectivity index (χ3v) is 3.35. The number of aromatic nitrogens is 3. The summed E-state index contributed by atoms with van der Waals surface area (Å²) in [6.07, 6.45) is 3.29. The summed E-state index contributed by atoms with van der Waals surface area (Å²) in [5, 5.41) is 15.5. The maximum absolute atomic E-state index is 12.2. The molecule has 2 amide bonds. The van der Waals surface area contributed by atoms with E-state index < -0.39 is 0 Å². The first kappa shape index (κ1) is 16.1. The van der Waals surface area contributed by atoms with E-state index in [1.165, 1.54) is 4.90 Å². The van der Waals surface area contributed by atoms with Crippen LogP contribution in [0.1, 0.15) is 11.5 Å². The van der Waals surface area contributed by atoms with Gasteiger partial charge in [-0.05, 0) is 30.3 Å². The molecule has 2 heterocycles. The average Bonchev–Trinajstić information content (AvgIpc) is 3.11. The number of hydrogen-bond donors (Lipinski definition) is 1. The van der Waals surface area contributed by atoms with Crippen molar-refractivity contribution in [1.82, 2.24) is 20.0 Å². The van der Waals surface area contributed by atoms with Gasteiger partial charge in [0.15, 0.2) is 0 Å². The number of carbonyl (C=O) groups is 1. The summed E-state index contributed by atoms with van der Waals surface area (Å²) in [6, 6.07) is 11.9. The number of nitrogens with one attached hydrogen (secondary N) is 1. The molecule has 0 aliphatic rings. The van der Waals surface area contributed by atoms with Gasteiger partial charge in [0.2, 0.25) is 11.7 Å². The summed E-state index contributed by atoms with van der Waals surface area (Å²) in [4.78, 5) is 21.9. The van der Waals surface area contributed by atoms with E-state index in [9.17, 15) is 4.79 Å². The maximum Gasteiger partial charge on any atom is 0.322 e. The molecule has 0 saturated carbocycles. The van der Waals surface area contributed by atoms with Gasteiger partial charge >= 0.3 is 6.03 Å². The number of urea groups is 1. The highest BCUT2D eigenvalue weighted by molar-refractivity contribution is 5.89. The van der Waals surface area contributed by atoms with Crippen LogP contribution in [0.4, 0.5) is 10.5 Å². The molecule has 0 aliphatic carbocycles. The molecule has 0 fully saturated rings. The van der Waals surface area contributed by atoms with Gasteiger partial charge in [0.05, 0.1) is 11.6 Å². The van der Waals surface area contributed by atoms with Gasteiger partial charge in [0.25, 0.3) is 0 Å². The van der Waals surface area contributed by atoms with E-state index in [4.69, 9.17) is 9.78 Å². The first-order valence-corrected chi connectivity index (χ1v) is 7.41. The minimum Gasteiger partial charge on any atom is -0.337 e. The molecule has 1 aromatic carbocycles. The zero-order valence-electron chi connectivity index (χ0n) is 13.4. The molecule has 0 bridgehead atoms. The van der Waals surface area contributed by atoms with E-state index >= 15 is 0 Å². The lowest BCUT2D eigenvalue weighted by atomic mass is 10.2. The van der Waals surface area contributed by atoms with Crippen LogP contribution in [0.15, 0.2) is 53.3 Å². The third kappa shape index (κ3) is 3.97. The Bertz CT molecular complexity index is 916. The van der Waals surface area contributed by atoms with Gasteiger partial charge < -0.3 is 14.7 Å². The molecular weight excluding hydrogens is 320 g/mol. The predicted octanol–water partition coefficient (Wildman–Crippen LogP) is 2.67. The monoisotopic (exact) mass is 334 g/mol. The van der Waals surface area contributed by atoms with Crippen LogP contribution in [0.2, 0.25) is 0 Å². The first-order valence-electron chi connectivity index (χ1n) is 7.41. The number of pyridine rings is 1. The third-order valence-electron chi connectivity index (χ3n) is 3.35. The largest absolute Gasteiger partial charge is 0.337 e. The van der Waals surface area contributed by atoms with E-state index in [-0.39, 0.29) is 12.6 Å². The number of nitriles is 1. The number of hydrogen-bond acceptors (Lipinski definition) is 6. The van der Waals surface area contributed by atoms with Crippen molar-refractivity contribution in [3.63, 3.8) is 0 Å². The highest BCUT2D eigenvalue weighted by atomic mass is 16.5. The minimum absolute atomic E-state index is 0.150. The predicted molar refractivity (Wildman–Crippen MR) is 89.2 cm³/mol. The van der Waals surface area contributed by atoms with Crippen LogP contribution in [-0.2, 0) is 6.54 Å². The van der Waals surface area contributed by atoms with Gasteiger partial charge in [-0.1, -0.05) is 11.2 Å². The molecule has 8 heteroatoms. The summed E-state index contributed by atoms with van der Waals surface area (Å²) in [5.41, 5.74) is 1.74. The lowest BCUT2D eigenvalue weighted by molar-refractivity contribution is 0.213. The Morgan fingerprint density at radius 1 is 1.36 bits per heavy atom.